The molecule has 1 heterocycles. The molecule has 1 N–H and O–H groups in total. The lowest BCUT2D eigenvalue weighted by molar-refractivity contribution is -0.118. The van der Waals surface area contributed by atoms with Gasteiger partial charge >= 0.3 is 5.97 Å². The fourth-order valence-electron chi connectivity index (χ4n) is 3.80. The number of para-hydroxylation sites is 1. The molecule has 0 saturated carbocycles. The van der Waals surface area contributed by atoms with Crippen LogP contribution in [0.5, 0.6) is 5.75 Å². The molecular formula is C25H25NO4S. The second kappa shape index (κ2) is 9.79. The highest BCUT2D eigenvalue weighted by Crippen LogP contribution is 2.37. The number of nitrogens with one attached hydrogen (secondary N) is 1. The molecule has 1 aliphatic rings. The Kier molecular flexibility index (Phi) is 6.67. The first-order valence-electron chi connectivity index (χ1n) is 10.5. The van der Waals surface area contributed by atoms with Gasteiger partial charge in [0.15, 0.2) is 6.61 Å². The summed E-state index contributed by atoms with van der Waals surface area (Å²) in [4.78, 5) is 25.2. The quantitative estimate of drug-likeness (QED) is 0.499. The van der Waals surface area contributed by atoms with E-state index < -0.39 is 5.97 Å². The highest BCUT2D eigenvalue weighted by atomic mass is 32.1. The Morgan fingerprint density at radius 1 is 1.03 bits per heavy atom. The van der Waals surface area contributed by atoms with Gasteiger partial charge in [0.2, 0.25) is 0 Å². The summed E-state index contributed by atoms with van der Waals surface area (Å²) in [5, 5.41) is 5.21. The van der Waals surface area contributed by atoms with E-state index in [1.54, 1.807) is 19.1 Å². The van der Waals surface area contributed by atoms with Crippen molar-refractivity contribution in [1.29, 1.82) is 0 Å². The predicted octanol–water partition coefficient (Wildman–Crippen LogP) is 5.49. The van der Waals surface area contributed by atoms with Crippen molar-refractivity contribution in [3.63, 3.8) is 0 Å². The number of hydrogen-bond acceptors (Lipinski definition) is 5. The molecule has 1 aromatic heterocycles. The van der Waals surface area contributed by atoms with Gasteiger partial charge in [-0.25, -0.2) is 4.79 Å². The molecule has 2 aromatic carbocycles. The number of aryl methyl sites for hydroxylation is 2. The van der Waals surface area contributed by atoms with Crippen LogP contribution >= 0.6 is 11.3 Å². The van der Waals surface area contributed by atoms with Crippen LogP contribution in [0.25, 0.3) is 11.1 Å². The minimum atomic E-state index is -0.434. The Morgan fingerprint density at radius 3 is 2.58 bits per heavy atom. The summed E-state index contributed by atoms with van der Waals surface area (Å²) in [5.41, 5.74) is 4.88. The number of fused-ring (bicyclic) bond motifs is 1. The first kappa shape index (κ1) is 21.1. The Labute approximate surface area is 186 Å². The first-order chi connectivity index (χ1) is 15.2. The van der Waals surface area contributed by atoms with Crippen LogP contribution < -0.4 is 10.1 Å². The summed E-state index contributed by atoms with van der Waals surface area (Å²) in [6.07, 6.45) is 4.57. The average molecular weight is 436 g/mol. The normalized spacial score (nSPS) is 12.7. The van der Waals surface area contributed by atoms with E-state index in [0.29, 0.717) is 16.3 Å². The van der Waals surface area contributed by atoms with E-state index in [-0.39, 0.29) is 19.1 Å². The molecule has 0 unspecified atom stereocenters. The lowest BCUT2D eigenvalue weighted by Crippen LogP contribution is -2.21. The van der Waals surface area contributed by atoms with Crippen molar-refractivity contribution in [2.45, 2.75) is 32.6 Å². The van der Waals surface area contributed by atoms with Crippen molar-refractivity contribution in [3.05, 3.63) is 70.6 Å². The van der Waals surface area contributed by atoms with Crippen molar-refractivity contribution in [2.75, 3.05) is 18.5 Å². The van der Waals surface area contributed by atoms with E-state index in [1.807, 2.05) is 23.6 Å². The van der Waals surface area contributed by atoms with E-state index in [0.717, 1.165) is 24.0 Å². The summed E-state index contributed by atoms with van der Waals surface area (Å²) in [7, 11) is 0. The van der Waals surface area contributed by atoms with Crippen LogP contribution in [0.4, 0.5) is 5.00 Å². The molecular weight excluding hydrogens is 410 g/mol. The smallest absolute Gasteiger partial charge is 0.341 e. The maximum absolute atomic E-state index is 12.8. The van der Waals surface area contributed by atoms with Gasteiger partial charge in [-0.1, -0.05) is 36.4 Å². The van der Waals surface area contributed by atoms with Crippen LogP contribution in [-0.4, -0.2) is 25.1 Å². The molecule has 0 saturated heterocycles. The number of thiophene rings is 1. The number of ether oxygens (including phenoxy) is 2. The number of hydrogen-bond donors (Lipinski definition) is 1. The van der Waals surface area contributed by atoms with Gasteiger partial charge in [0.25, 0.3) is 5.91 Å². The second-order valence-corrected chi connectivity index (χ2v) is 8.29. The first-order valence-corrected chi connectivity index (χ1v) is 11.4. The number of benzene rings is 2. The number of rotatable bonds is 7. The highest BCUT2D eigenvalue weighted by molar-refractivity contribution is 7.15. The van der Waals surface area contributed by atoms with E-state index in [2.05, 4.69) is 23.5 Å². The van der Waals surface area contributed by atoms with Gasteiger partial charge in [-0.2, -0.15) is 0 Å². The molecule has 5 nitrogen and oxygen atoms in total. The number of amides is 1. The zero-order valence-corrected chi connectivity index (χ0v) is 18.3. The number of carbonyl (C=O) groups excluding carboxylic acids is 2. The highest BCUT2D eigenvalue weighted by Gasteiger charge is 2.23. The van der Waals surface area contributed by atoms with Gasteiger partial charge in [0.05, 0.1) is 6.61 Å². The van der Waals surface area contributed by atoms with Gasteiger partial charge in [-0.15, -0.1) is 11.3 Å². The van der Waals surface area contributed by atoms with E-state index in [4.69, 9.17) is 9.47 Å². The Balaban J connectivity index is 1.57. The van der Waals surface area contributed by atoms with Crippen LogP contribution in [0, 0.1) is 0 Å². The summed E-state index contributed by atoms with van der Waals surface area (Å²) < 4.78 is 10.8. The van der Waals surface area contributed by atoms with Crippen LogP contribution in [-0.2, 0) is 22.4 Å². The minimum Gasteiger partial charge on any atom is -0.484 e. The second-order valence-electron chi connectivity index (χ2n) is 7.41. The zero-order chi connectivity index (χ0) is 21.6. The Bertz CT molecular complexity index is 1070. The van der Waals surface area contributed by atoms with Crippen molar-refractivity contribution in [2.24, 2.45) is 0 Å². The van der Waals surface area contributed by atoms with Crippen LogP contribution in [0.3, 0.4) is 0 Å². The van der Waals surface area contributed by atoms with Gasteiger partial charge < -0.3 is 14.8 Å². The molecule has 1 aliphatic carbocycles. The van der Waals surface area contributed by atoms with Crippen LogP contribution in [0.2, 0.25) is 0 Å². The van der Waals surface area contributed by atoms with Crippen LogP contribution in [0.1, 0.15) is 41.3 Å². The van der Waals surface area contributed by atoms with E-state index in [9.17, 15) is 9.59 Å². The number of esters is 1. The summed E-state index contributed by atoms with van der Waals surface area (Å²) in [6, 6.07) is 15.5. The van der Waals surface area contributed by atoms with Crippen LogP contribution in [0.15, 0.2) is 53.9 Å². The molecule has 0 fully saturated rings. The molecule has 0 atom stereocenters. The number of anilines is 1. The third kappa shape index (κ3) is 4.97. The van der Waals surface area contributed by atoms with E-state index >= 15 is 0 Å². The fourth-order valence-corrected chi connectivity index (χ4v) is 4.77. The summed E-state index contributed by atoms with van der Waals surface area (Å²) >= 11 is 1.32. The fraction of sp³-hybridized carbons (Fsp3) is 0.280. The summed E-state index contributed by atoms with van der Waals surface area (Å²) in [5.74, 6) is -0.145. The zero-order valence-electron chi connectivity index (χ0n) is 17.5. The third-order valence-corrected chi connectivity index (χ3v) is 6.19. The lowest BCUT2D eigenvalue weighted by Gasteiger charge is -2.17. The SMILES string of the molecule is CCOC(=O)c1c(-c2ccc3c(c2)CCCC3)csc1NC(=O)COc1ccccc1. The van der Waals surface area contributed by atoms with Crippen molar-refractivity contribution in [1.82, 2.24) is 0 Å². The molecule has 6 heteroatoms. The van der Waals surface area contributed by atoms with E-state index in [1.165, 1.54) is 35.3 Å². The Hall–Kier alpha value is -3.12. The Morgan fingerprint density at radius 2 is 1.81 bits per heavy atom. The molecule has 3 aromatic rings. The molecule has 1 amide bonds. The van der Waals surface area contributed by atoms with Gasteiger partial charge in [-0.05, 0) is 61.4 Å². The summed E-state index contributed by atoms with van der Waals surface area (Å²) in [6.45, 7) is 1.90. The molecule has 0 bridgehead atoms. The molecule has 0 spiro atoms. The standard InChI is InChI=1S/C25H25NO4S/c1-2-29-25(28)23-21(19-13-12-17-8-6-7-9-18(17)14-19)16-31-24(23)26-22(27)15-30-20-10-4-3-5-11-20/h3-5,10-14,16H,2,6-9,15H2,1H3,(H,26,27). The van der Waals surface area contributed by atoms with Crippen molar-refractivity contribution >= 4 is 28.2 Å². The molecule has 0 radical (unpaired) electrons. The number of carbonyl (C=O) groups is 2. The molecule has 4 rings (SSSR count). The third-order valence-electron chi connectivity index (χ3n) is 5.30. The van der Waals surface area contributed by atoms with Crippen molar-refractivity contribution in [3.8, 4) is 16.9 Å². The monoisotopic (exact) mass is 435 g/mol. The molecule has 31 heavy (non-hydrogen) atoms. The van der Waals surface area contributed by atoms with Gasteiger partial charge in [0.1, 0.15) is 16.3 Å². The largest absolute Gasteiger partial charge is 0.484 e. The molecule has 160 valence electrons. The average Bonchev–Trinajstić information content (AvgIpc) is 3.21. The van der Waals surface area contributed by atoms with Crippen molar-refractivity contribution < 1.29 is 19.1 Å². The maximum Gasteiger partial charge on any atom is 0.341 e. The van der Waals surface area contributed by atoms with Gasteiger partial charge in [0, 0.05) is 10.9 Å². The molecule has 0 aliphatic heterocycles. The lowest BCUT2D eigenvalue weighted by atomic mass is 9.89. The van der Waals surface area contributed by atoms with Gasteiger partial charge in [-0.3, -0.25) is 4.79 Å². The maximum atomic E-state index is 12.8. The predicted molar refractivity (Wildman–Crippen MR) is 123 cm³/mol. The minimum absolute atomic E-state index is 0.141. The topological polar surface area (TPSA) is 64.6 Å².